The van der Waals surface area contributed by atoms with E-state index in [0.717, 1.165) is 34.8 Å². The Kier molecular flexibility index (Phi) is 7.91. The molecule has 0 bridgehead atoms. The summed E-state index contributed by atoms with van der Waals surface area (Å²) >= 11 is 3.02. The van der Waals surface area contributed by atoms with Gasteiger partial charge in [0.2, 0.25) is 5.91 Å². The van der Waals surface area contributed by atoms with Crippen LogP contribution in [-0.2, 0) is 10.5 Å². The lowest BCUT2D eigenvalue weighted by molar-refractivity contribution is -0.120. The molecule has 1 atom stereocenters. The molecule has 0 spiro atoms. The Morgan fingerprint density at radius 1 is 1.44 bits per heavy atom. The van der Waals surface area contributed by atoms with Crippen molar-refractivity contribution >= 4 is 51.6 Å². The first-order chi connectivity index (χ1) is 12.5. The molecule has 9 heteroatoms. The number of nitrogens with one attached hydrogen (secondary N) is 3. The number of aromatic amines is 1. The van der Waals surface area contributed by atoms with Gasteiger partial charge in [-0.05, 0) is 39.3 Å². The maximum atomic E-state index is 12.3. The van der Waals surface area contributed by atoms with Gasteiger partial charge in [-0.1, -0.05) is 11.6 Å². The van der Waals surface area contributed by atoms with Crippen LogP contribution in [0.3, 0.4) is 0 Å². The van der Waals surface area contributed by atoms with E-state index in [1.807, 2.05) is 20.8 Å². The van der Waals surface area contributed by atoms with E-state index >= 15 is 0 Å². The number of thiophene rings is 1. The van der Waals surface area contributed by atoms with Crippen molar-refractivity contribution < 1.29 is 4.79 Å². The zero-order valence-electron chi connectivity index (χ0n) is 15.7. The van der Waals surface area contributed by atoms with Gasteiger partial charge in [-0.3, -0.25) is 9.59 Å². The van der Waals surface area contributed by atoms with Gasteiger partial charge in [0.05, 0.1) is 16.4 Å². The molecular weight excluding hydrogens is 404 g/mol. The summed E-state index contributed by atoms with van der Waals surface area (Å²) in [5.41, 5.74) is 2.18. The number of hydrogen-bond donors (Lipinski definition) is 3. The van der Waals surface area contributed by atoms with Crippen molar-refractivity contribution in [3.05, 3.63) is 38.3 Å². The number of halogens is 1. The highest BCUT2D eigenvalue weighted by atomic mass is 35.5. The lowest BCUT2D eigenvalue weighted by Gasteiger charge is -2.16. The van der Waals surface area contributed by atoms with Gasteiger partial charge in [0.1, 0.15) is 10.7 Å². The van der Waals surface area contributed by atoms with Gasteiger partial charge < -0.3 is 15.6 Å². The molecule has 1 aliphatic heterocycles. The minimum absolute atomic E-state index is 0. The van der Waals surface area contributed by atoms with Crippen molar-refractivity contribution in [2.45, 2.75) is 38.2 Å². The van der Waals surface area contributed by atoms with E-state index in [-0.39, 0.29) is 29.1 Å². The van der Waals surface area contributed by atoms with E-state index in [2.05, 4.69) is 26.7 Å². The highest BCUT2D eigenvalue weighted by Gasteiger charge is 2.16. The predicted octanol–water partition coefficient (Wildman–Crippen LogP) is 2.68. The summed E-state index contributed by atoms with van der Waals surface area (Å²) in [6, 6.07) is 0. The van der Waals surface area contributed by atoms with Gasteiger partial charge in [0, 0.05) is 18.0 Å². The first-order valence-electron chi connectivity index (χ1n) is 8.72. The van der Waals surface area contributed by atoms with Crippen LogP contribution in [0.5, 0.6) is 0 Å². The second-order valence-corrected chi connectivity index (χ2v) is 9.00. The minimum Gasteiger partial charge on any atom is -0.351 e. The van der Waals surface area contributed by atoms with Gasteiger partial charge in [-0.2, -0.15) is 0 Å². The summed E-state index contributed by atoms with van der Waals surface area (Å²) in [4.78, 5) is 33.9. The summed E-state index contributed by atoms with van der Waals surface area (Å²) in [6.07, 6.45) is 3.11. The number of hydrogen-bond acceptors (Lipinski definition) is 6. The number of carbonyl (C=O) groups excluding carboxylic acids is 1. The fraction of sp³-hybridized carbons (Fsp3) is 0.500. The van der Waals surface area contributed by atoms with Crippen molar-refractivity contribution in [3.63, 3.8) is 0 Å². The highest BCUT2D eigenvalue weighted by Crippen LogP contribution is 2.26. The van der Waals surface area contributed by atoms with Crippen molar-refractivity contribution in [3.8, 4) is 0 Å². The van der Waals surface area contributed by atoms with Crippen LogP contribution in [0.4, 0.5) is 0 Å². The molecule has 0 aromatic carbocycles. The molecule has 0 saturated heterocycles. The molecule has 3 rings (SSSR count). The Balaban J connectivity index is 0.00000261. The second-order valence-electron chi connectivity index (χ2n) is 6.46. The molecule has 0 radical (unpaired) electrons. The number of amides is 1. The number of carbonyl (C=O) groups is 1. The molecule has 0 aliphatic carbocycles. The van der Waals surface area contributed by atoms with Gasteiger partial charge in [-0.25, -0.2) is 4.98 Å². The zero-order chi connectivity index (χ0) is 18.7. The molecule has 1 unspecified atom stereocenters. The number of nitrogens with zero attached hydrogens (tertiary/aromatic N) is 1. The predicted molar refractivity (Wildman–Crippen MR) is 116 cm³/mol. The van der Waals surface area contributed by atoms with Crippen LogP contribution in [0.15, 0.2) is 16.4 Å². The number of fused-ring (bicyclic) bond motifs is 1. The SMILES string of the molecule is Cc1sc2nc(CSC(C)C(=O)NCC3=CCNCC3)[nH]c(=O)c2c1C.Cl. The van der Waals surface area contributed by atoms with Crippen molar-refractivity contribution in [1.29, 1.82) is 0 Å². The van der Waals surface area contributed by atoms with E-state index in [0.29, 0.717) is 23.5 Å². The molecule has 0 fully saturated rings. The van der Waals surface area contributed by atoms with E-state index < -0.39 is 0 Å². The normalized spacial score (nSPS) is 15.1. The van der Waals surface area contributed by atoms with Crippen LogP contribution in [0.2, 0.25) is 0 Å². The van der Waals surface area contributed by atoms with Crippen LogP contribution >= 0.6 is 35.5 Å². The molecule has 3 N–H and O–H groups in total. The largest absolute Gasteiger partial charge is 0.351 e. The Bertz CT molecular complexity index is 907. The third-order valence-corrected chi connectivity index (χ3v) is 6.83. The molecule has 27 heavy (non-hydrogen) atoms. The molecule has 1 amide bonds. The quantitative estimate of drug-likeness (QED) is 0.616. The molecule has 2 aromatic rings. The maximum Gasteiger partial charge on any atom is 0.259 e. The van der Waals surface area contributed by atoms with E-state index in [9.17, 15) is 9.59 Å². The number of rotatable bonds is 6. The van der Waals surface area contributed by atoms with Crippen LogP contribution in [0.25, 0.3) is 10.2 Å². The topological polar surface area (TPSA) is 86.9 Å². The summed E-state index contributed by atoms with van der Waals surface area (Å²) in [7, 11) is 0. The molecule has 148 valence electrons. The first kappa shape index (κ1) is 21.9. The monoisotopic (exact) mass is 428 g/mol. The molecular formula is C18H25ClN4O2S2. The molecule has 0 saturated carbocycles. The molecule has 1 aliphatic rings. The summed E-state index contributed by atoms with van der Waals surface area (Å²) in [5, 5.41) is 6.73. The van der Waals surface area contributed by atoms with Gasteiger partial charge >= 0.3 is 0 Å². The Labute approximate surface area is 173 Å². The first-order valence-corrected chi connectivity index (χ1v) is 10.6. The molecule has 6 nitrogen and oxygen atoms in total. The second kappa shape index (κ2) is 9.73. The van der Waals surface area contributed by atoms with Crippen molar-refractivity contribution in [1.82, 2.24) is 20.6 Å². The summed E-state index contributed by atoms with van der Waals surface area (Å²) < 4.78 is 0. The summed E-state index contributed by atoms with van der Waals surface area (Å²) in [5.74, 6) is 1.14. The third kappa shape index (κ3) is 5.34. The smallest absolute Gasteiger partial charge is 0.259 e. The van der Waals surface area contributed by atoms with Crippen molar-refractivity contribution in [2.24, 2.45) is 0 Å². The Morgan fingerprint density at radius 2 is 2.22 bits per heavy atom. The molecule has 3 heterocycles. The summed E-state index contributed by atoms with van der Waals surface area (Å²) in [6.45, 7) is 8.28. The van der Waals surface area contributed by atoms with Crippen LogP contribution in [0, 0.1) is 13.8 Å². The third-order valence-electron chi connectivity index (χ3n) is 4.58. The van der Waals surface area contributed by atoms with Gasteiger partial charge in [0.25, 0.3) is 5.56 Å². The lowest BCUT2D eigenvalue weighted by Crippen LogP contribution is -2.34. The van der Waals surface area contributed by atoms with Crippen molar-refractivity contribution in [2.75, 3.05) is 19.6 Å². The van der Waals surface area contributed by atoms with Crippen LogP contribution < -0.4 is 16.2 Å². The standard InChI is InChI=1S/C18H24N4O2S2.ClH/c1-10-11(2)26-18-15(10)17(24)21-14(22-18)9-25-12(3)16(23)20-8-13-4-6-19-7-5-13;/h4,12,19H,5-9H2,1-3H3,(H,20,23)(H,21,22,24);1H. The number of thioether (sulfide) groups is 1. The van der Waals surface area contributed by atoms with Gasteiger partial charge in [0.15, 0.2) is 0 Å². The van der Waals surface area contributed by atoms with Crippen LogP contribution in [-0.4, -0.2) is 40.8 Å². The van der Waals surface area contributed by atoms with Crippen LogP contribution in [0.1, 0.15) is 29.6 Å². The highest BCUT2D eigenvalue weighted by molar-refractivity contribution is 7.99. The number of aryl methyl sites for hydroxylation is 2. The zero-order valence-corrected chi connectivity index (χ0v) is 18.1. The lowest BCUT2D eigenvalue weighted by atomic mass is 10.1. The average molecular weight is 429 g/mol. The Hall–Kier alpha value is -1.35. The van der Waals surface area contributed by atoms with Gasteiger partial charge in [-0.15, -0.1) is 35.5 Å². The Morgan fingerprint density at radius 3 is 2.93 bits per heavy atom. The fourth-order valence-corrected chi connectivity index (χ4v) is 4.65. The van der Waals surface area contributed by atoms with E-state index in [1.54, 1.807) is 11.3 Å². The number of H-pyrrole nitrogens is 1. The molecule has 2 aromatic heterocycles. The fourth-order valence-electron chi connectivity index (χ4n) is 2.82. The van der Waals surface area contributed by atoms with E-state index in [1.165, 1.54) is 17.3 Å². The van der Waals surface area contributed by atoms with E-state index in [4.69, 9.17) is 0 Å². The average Bonchev–Trinajstić information content (AvgIpc) is 2.92. The minimum atomic E-state index is -0.204. The maximum absolute atomic E-state index is 12.3. The number of aromatic nitrogens is 2.